The number of anilines is 1. The van der Waals surface area contributed by atoms with E-state index in [-0.39, 0.29) is 11.8 Å². The third kappa shape index (κ3) is 2.35. The summed E-state index contributed by atoms with van der Waals surface area (Å²) in [6.07, 6.45) is 3.86. The Labute approximate surface area is 103 Å². The minimum absolute atomic E-state index is 0.169. The van der Waals surface area contributed by atoms with Crippen molar-refractivity contribution in [2.45, 2.75) is 12.8 Å². The van der Waals surface area contributed by atoms with E-state index in [2.05, 4.69) is 25.8 Å². The number of nitrogens with zero attached hydrogens (tertiary/aromatic N) is 2. The van der Waals surface area contributed by atoms with Gasteiger partial charge in [0.1, 0.15) is 5.82 Å². The van der Waals surface area contributed by atoms with Gasteiger partial charge in [-0.3, -0.25) is 5.41 Å². The highest BCUT2D eigenvalue weighted by molar-refractivity contribution is 9.10. The van der Waals surface area contributed by atoms with E-state index in [4.69, 9.17) is 11.1 Å². The summed E-state index contributed by atoms with van der Waals surface area (Å²) in [5.41, 5.74) is 5.57. The van der Waals surface area contributed by atoms with Gasteiger partial charge in [0.2, 0.25) is 0 Å². The van der Waals surface area contributed by atoms with Gasteiger partial charge >= 0.3 is 0 Å². The number of pyridine rings is 1. The van der Waals surface area contributed by atoms with Crippen molar-refractivity contribution >= 4 is 27.6 Å². The van der Waals surface area contributed by atoms with Gasteiger partial charge in [-0.1, -0.05) is 0 Å². The maximum Gasteiger partial charge on any atom is 0.142 e. The normalized spacial score (nSPS) is 20.8. The number of hydrogen-bond donors (Lipinski definition) is 2. The van der Waals surface area contributed by atoms with Gasteiger partial charge in [-0.05, 0) is 40.9 Å². The van der Waals surface area contributed by atoms with Crippen LogP contribution in [0, 0.1) is 11.3 Å². The van der Waals surface area contributed by atoms with Crippen molar-refractivity contribution in [2.24, 2.45) is 11.7 Å². The molecule has 2 rings (SSSR count). The molecule has 0 aliphatic carbocycles. The molecule has 1 unspecified atom stereocenters. The van der Waals surface area contributed by atoms with Crippen molar-refractivity contribution in [3.63, 3.8) is 0 Å². The Morgan fingerprint density at radius 1 is 1.62 bits per heavy atom. The second-order valence-corrected chi connectivity index (χ2v) is 4.90. The van der Waals surface area contributed by atoms with E-state index in [0.717, 1.165) is 36.2 Å². The minimum Gasteiger partial charge on any atom is -0.387 e. The molecule has 0 amide bonds. The Morgan fingerprint density at radius 2 is 2.44 bits per heavy atom. The van der Waals surface area contributed by atoms with Gasteiger partial charge in [0.05, 0.1) is 10.3 Å². The Balaban J connectivity index is 2.16. The molecule has 0 spiro atoms. The third-order valence-electron chi connectivity index (χ3n) is 2.90. The average Bonchev–Trinajstić information content (AvgIpc) is 2.30. The van der Waals surface area contributed by atoms with Crippen LogP contribution in [0.25, 0.3) is 0 Å². The van der Waals surface area contributed by atoms with E-state index >= 15 is 0 Å². The smallest absolute Gasteiger partial charge is 0.142 e. The molecule has 1 aromatic rings. The minimum atomic E-state index is 0.169. The highest BCUT2D eigenvalue weighted by atomic mass is 79.9. The molecule has 1 aliphatic heterocycles. The van der Waals surface area contributed by atoms with E-state index in [1.165, 1.54) is 0 Å². The fraction of sp³-hybridized carbons (Fsp3) is 0.455. The van der Waals surface area contributed by atoms with Crippen molar-refractivity contribution in [3.8, 4) is 0 Å². The molecule has 1 atom stereocenters. The SMILES string of the molecule is N=C(N)C1CCCN(c2ncccc2Br)C1. The van der Waals surface area contributed by atoms with Crippen molar-refractivity contribution in [3.05, 3.63) is 22.8 Å². The monoisotopic (exact) mass is 282 g/mol. The van der Waals surface area contributed by atoms with Crippen LogP contribution in [0.15, 0.2) is 22.8 Å². The van der Waals surface area contributed by atoms with E-state index in [0.29, 0.717) is 0 Å². The van der Waals surface area contributed by atoms with E-state index < -0.39 is 0 Å². The number of aromatic nitrogens is 1. The molecule has 86 valence electrons. The molecule has 5 heteroatoms. The highest BCUT2D eigenvalue weighted by Gasteiger charge is 2.23. The van der Waals surface area contributed by atoms with Gasteiger partial charge < -0.3 is 10.6 Å². The van der Waals surface area contributed by atoms with Crippen LogP contribution in [0.2, 0.25) is 0 Å². The number of halogens is 1. The first kappa shape index (κ1) is 11.4. The first-order valence-corrected chi connectivity index (χ1v) is 6.17. The standard InChI is InChI=1S/C11H15BrN4/c12-9-4-1-5-15-11(9)16-6-2-3-8(7-16)10(13)14/h1,4-5,8H,2-3,6-7H2,(H3,13,14). The second-order valence-electron chi connectivity index (χ2n) is 4.05. The molecule has 1 aromatic heterocycles. The summed E-state index contributed by atoms with van der Waals surface area (Å²) < 4.78 is 0.999. The topological polar surface area (TPSA) is 66.0 Å². The summed E-state index contributed by atoms with van der Waals surface area (Å²) in [6.45, 7) is 1.78. The summed E-state index contributed by atoms with van der Waals surface area (Å²) in [5.74, 6) is 1.41. The summed E-state index contributed by atoms with van der Waals surface area (Å²) in [4.78, 5) is 6.56. The molecule has 4 nitrogen and oxygen atoms in total. The van der Waals surface area contributed by atoms with Crippen LogP contribution in [-0.2, 0) is 0 Å². The lowest BCUT2D eigenvalue weighted by Gasteiger charge is -2.33. The van der Waals surface area contributed by atoms with Crippen LogP contribution in [0.4, 0.5) is 5.82 Å². The third-order valence-corrected chi connectivity index (χ3v) is 3.52. The molecule has 1 fully saturated rings. The molecule has 0 radical (unpaired) electrons. The van der Waals surface area contributed by atoms with Crippen LogP contribution < -0.4 is 10.6 Å². The maximum absolute atomic E-state index is 7.51. The van der Waals surface area contributed by atoms with Gasteiger partial charge in [0, 0.05) is 25.2 Å². The molecule has 2 heterocycles. The summed E-state index contributed by atoms with van der Waals surface area (Å²) in [6, 6.07) is 3.89. The van der Waals surface area contributed by atoms with Gasteiger partial charge in [0.25, 0.3) is 0 Å². The molecular formula is C11H15BrN4. The number of piperidine rings is 1. The molecular weight excluding hydrogens is 268 g/mol. The van der Waals surface area contributed by atoms with Gasteiger partial charge in [0.15, 0.2) is 0 Å². The Kier molecular flexibility index (Phi) is 3.43. The predicted octanol–water partition coefficient (Wildman–Crippen LogP) is 2.00. The van der Waals surface area contributed by atoms with E-state index in [1.54, 1.807) is 6.20 Å². The van der Waals surface area contributed by atoms with Crippen LogP contribution in [-0.4, -0.2) is 23.9 Å². The fourth-order valence-corrected chi connectivity index (χ4v) is 2.54. The number of amidine groups is 1. The predicted molar refractivity (Wildman–Crippen MR) is 68.8 cm³/mol. The lowest BCUT2D eigenvalue weighted by Crippen LogP contribution is -2.41. The Hall–Kier alpha value is -1.10. The zero-order valence-corrected chi connectivity index (χ0v) is 10.6. The van der Waals surface area contributed by atoms with Crippen molar-refractivity contribution in [1.29, 1.82) is 5.41 Å². The summed E-state index contributed by atoms with van der Waals surface area (Å²) in [5, 5.41) is 7.51. The van der Waals surface area contributed by atoms with Crippen molar-refractivity contribution in [2.75, 3.05) is 18.0 Å². The Morgan fingerprint density at radius 3 is 3.12 bits per heavy atom. The van der Waals surface area contributed by atoms with Gasteiger partial charge in [-0.15, -0.1) is 0 Å². The van der Waals surface area contributed by atoms with Crippen molar-refractivity contribution < 1.29 is 0 Å². The first-order chi connectivity index (χ1) is 7.68. The van der Waals surface area contributed by atoms with E-state index in [1.807, 2.05) is 12.1 Å². The number of nitrogens with one attached hydrogen (secondary N) is 1. The van der Waals surface area contributed by atoms with Crippen LogP contribution in [0.3, 0.4) is 0 Å². The molecule has 0 saturated carbocycles. The molecule has 16 heavy (non-hydrogen) atoms. The zero-order chi connectivity index (χ0) is 11.5. The number of rotatable bonds is 2. The number of nitrogens with two attached hydrogens (primary N) is 1. The van der Waals surface area contributed by atoms with E-state index in [9.17, 15) is 0 Å². The highest BCUT2D eigenvalue weighted by Crippen LogP contribution is 2.27. The van der Waals surface area contributed by atoms with Crippen LogP contribution in [0.5, 0.6) is 0 Å². The van der Waals surface area contributed by atoms with Crippen molar-refractivity contribution in [1.82, 2.24) is 4.98 Å². The lowest BCUT2D eigenvalue weighted by atomic mass is 9.97. The molecule has 1 saturated heterocycles. The zero-order valence-electron chi connectivity index (χ0n) is 8.99. The van der Waals surface area contributed by atoms with Crippen LogP contribution in [0.1, 0.15) is 12.8 Å². The Bertz CT molecular complexity index is 393. The maximum atomic E-state index is 7.51. The molecule has 3 N–H and O–H groups in total. The summed E-state index contributed by atoms with van der Waals surface area (Å²) in [7, 11) is 0. The molecule has 0 bridgehead atoms. The van der Waals surface area contributed by atoms with Gasteiger partial charge in [-0.2, -0.15) is 0 Å². The molecule has 0 aromatic carbocycles. The number of hydrogen-bond acceptors (Lipinski definition) is 3. The fourth-order valence-electron chi connectivity index (χ4n) is 2.03. The van der Waals surface area contributed by atoms with Crippen LogP contribution >= 0.6 is 15.9 Å². The lowest BCUT2D eigenvalue weighted by molar-refractivity contribution is 0.499. The average molecular weight is 283 g/mol. The quantitative estimate of drug-likeness (QED) is 0.644. The molecule has 1 aliphatic rings. The summed E-state index contributed by atoms with van der Waals surface area (Å²) >= 11 is 3.50. The second kappa shape index (κ2) is 4.82. The van der Waals surface area contributed by atoms with Gasteiger partial charge in [-0.25, -0.2) is 4.98 Å². The largest absolute Gasteiger partial charge is 0.387 e. The first-order valence-electron chi connectivity index (χ1n) is 5.38.